The van der Waals surface area contributed by atoms with Crippen molar-refractivity contribution in [1.82, 2.24) is 0 Å². The number of Topliss-reactive ketones (excluding diaryl/α,β-unsaturated/α-hetero) is 1. The fourth-order valence-corrected chi connectivity index (χ4v) is 4.44. The van der Waals surface area contributed by atoms with Crippen molar-refractivity contribution in [2.75, 3.05) is 7.11 Å². The number of thiophene rings is 2. The number of carbonyl (C=O) groups excluding carboxylic acids is 2. The van der Waals surface area contributed by atoms with Crippen LogP contribution in [0, 0.1) is 0 Å². The van der Waals surface area contributed by atoms with Crippen LogP contribution in [-0.4, -0.2) is 18.9 Å². The average Bonchev–Trinajstić information content (AvgIpc) is 3.06. The van der Waals surface area contributed by atoms with E-state index >= 15 is 0 Å². The average molecular weight is 316 g/mol. The van der Waals surface area contributed by atoms with Crippen LogP contribution in [0.25, 0.3) is 20.5 Å². The van der Waals surface area contributed by atoms with E-state index in [0.717, 1.165) is 20.5 Å². The van der Waals surface area contributed by atoms with Gasteiger partial charge in [-0.3, -0.25) is 4.79 Å². The highest BCUT2D eigenvalue weighted by Crippen LogP contribution is 2.39. The summed E-state index contributed by atoms with van der Waals surface area (Å²) in [6, 6.07) is 9.40. The number of hydrogen-bond acceptors (Lipinski definition) is 5. The van der Waals surface area contributed by atoms with Crippen LogP contribution in [0.5, 0.6) is 0 Å². The molecular weight excluding hydrogens is 304 g/mol. The quantitative estimate of drug-likeness (QED) is 0.523. The Morgan fingerprint density at radius 2 is 1.86 bits per heavy atom. The smallest absolute Gasteiger partial charge is 0.348 e. The fourth-order valence-electron chi connectivity index (χ4n) is 2.11. The van der Waals surface area contributed by atoms with Crippen molar-refractivity contribution in [3.05, 3.63) is 46.2 Å². The Morgan fingerprint density at radius 3 is 2.48 bits per heavy atom. The minimum Gasteiger partial charge on any atom is -0.465 e. The summed E-state index contributed by atoms with van der Waals surface area (Å²) in [4.78, 5) is 23.5. The molecule has 0 saturated carbocycles. The van der Waals surface area contributed by atoms with E-state index in [2.05, 4.69) is 5.38 Å². The Morgan fingerprint density at radius 1 is 1.14 bits per heavy atom. The number of ether oxygens (including phenoxy) is 1. The molecule has 0 aliphatic heterocycles. The van der Waals surface area contributed by atoms with Gasteiger partial charge in [0.05, 0.1) is 11.8 Å². The zero-order valence-corrected chi connectivity index (χ0v) is 13.1. The fraction of sp³-hybridized carbons (Fsp3) is 0.125. The summed E-state index contributed by atoms with van der Waals surface area (Å²) in [5.41, 5.74) is 2.83. The first-order valence-corrected chi connectivity index (χ1v) is 8.00. The number of rotatable bonds is 3. The largest absolute Gasteiger partial charge is 0.465 e. The van der Waals surface area contributed by atoms with Crippen molar-refractivity contribution in [1.29, 1.82) is 0 Å². The van der Waals surface area contributed by atoms with Gasteiger partial charge < -0.3 is 4.74 Å². The number of benzene rings is 1. The molecular formula is C16H12O3S2. The van der Waals surface area contributed by atoms with E-state index in [-0.39, 0.29) is 11.8 Å². The molecule has 106 valence electrons. The van der Waals surface area contributed by atoms with E-state index in [1.165, 1.54) is 18.4 Å². The van der Waals surface area contributed by atoms with E-state index in [4.69, 9.17) is 4.74 Å². The molecule has 0 aliphatic carbocycles. The Balaban J connectivity index is 2.05. The third-order valence-electron chi connectivity index (χ3n) is 3.24. The molecule has 0 aliphatic rings. The SMILES string of the molecule is COC(=O)c1cc2scc(-c3ccc(C(C)=O)cc3)c2s1. The maximum atomic E-state index is 11.6. The molecule has 0 fully saturated rings. The first-order chi connectivity index (χ1) is 10.1. The van der Waals surface area contributed by atoms with Gasteiger partial charge in [-0.25, -0.2) is 4.79 Å². The summed E-state index contributed by atoms with van der Waals surface area (Å²) < 4.78 is 6.92. The molecule has 0 unspecified atom stereocenters. The van der Waals surface area contributed by atoms with Crippen molar-refractivity contribution in [2.45, 2.75) is 6.92 Å². The van der Waals surface area contributed by atoms with Gasteiger partial charge in [0.15, 0.2) is 5.78 Å². The Hall–Kier alpha value is -1.98. The molecule has 0 radical (unpaired) electrons. The predicted molar refractivity (Wildman–Crippen MR) is 86.5 cm³/mol. The standard InChI is InChI=1S/C16H12O3S2/c1-9(17)10-3-5-11(6-4-10)12-8-20-13-7-14(16(18)19-2)21-15(12)13/h3-8H,1-2H3. The topological polar surface area (TPSA) is 43.4 Å². The summed E-state index contributed by atoms with van der Waals surface area (Å²) in [6.45, 7) is 1.56. The molecule has 0 N–H and O–H groups in total. The highest BCUT2D eigenvalue weighted by atomic mass is 32.1. The van der Waals surface area contributed by atoms with Gasteiger partial charge in [0.1, 0.15) is 4.88 Å². The first kappa shape index (κ1) is 14.0. The van der Waals surface area contributed by atoms with Gasteiger partial charge in [-0.05, 0) is 18.6 Å². The zero-order valence-electron chi connectivity index (χ0n) is 11.5. The van der Waals surface area contributed by atoms with Gasteiger partial charge >= 0.3 is 5.97 Å². The number of hydrogen-bond donors (Lipinski definition) is 0. The Bertz CT molecular complexity index is 825. The van der Waals surface area contributed by atoms with E-state index in [0.29, 0.717) is 10.4 Å². The monoisotopic (exact) mass is 316 g/mol. The lowest BCUT2D eigenvalue weighted by Gasteiger charge is -2.00. The second-order valence-corrected chi connectivity index (χ2v) is 6.54. The Labute approximate surface area is 129 Å². The van der Waals surface area contributed by atoms with E-state index < -0.39 is 0 Å². The van der Waals surface area contributed by atoms with E-state index in [1.807, 2.05) is 30.3 Å². The number of fused-ring (bicyclic) bond motifs is 1. The molecule has 1 aromatic carbocycles. The van der Waals surface area contributed by atoms with Gasteiger partial charge in [-0.1, -0.05) is 24.3 Å². The van der Waals surface area contributed by atoms with Crippen LogP contribution in [0.2, 0.25) is 0 Å². The summed E-state index contributed by atoms with van der Waals surface area (Å²) in [5.74, 6) is -0.248. The molecule has 3 rings (SSSR count). The summed E-state index contributed by atoms with van der Waals surface area (Å²) in [7, 11) is 1.39. The van der Waals surface area contributed by atoms with Gasteiger partial charge in [0.25, 0.3) is 0 Å². The van der Waals surface area contributed by atoms with Crippen LogP contribution in [-0.2, 0) is 4.74 Å². The van der Waals surface area contributed by atoms with Crippen LogP contribution in [0.15, 0.2) is 35.7 Å². The van der Waals surface area contributed by atoms with Gasteiger partial charge in [0.2, 0.25) is 0 Å². The highest BCUT2D eigenvalue weighted by molar-refractivity contribution is 7.28. The summed E-state index contributed by atoms with van der Waals surface area (Å²) in [5, 5.41) is 2.07. The first-order valence-electron chi connectivity index (χ1n) is 6.31. The lowest BCUT2D eigenvalue weighted by atomic mass is 10.1. The molecule has 5 heteroatoms. The van der Waals surface area contributed by atoms with Crippen molar-refractivity contribution < 1.29 is 14.3 Å². The third-order valence-corrected chi connectivity index (χ3v) is 5.44. The van der Waals surface area contributed by atoms with Crippen LogP contribution >= 0.6 is 22.7 Å². The molecule has 0 amide bonds. The number of methoxy groups -OCH3 is 1. The molecule has 0 atom stereocenters. The normalized spacial score (nSPS) is 10.8. The van der Waals surface area contributed by atoms with Gasteiger partial charge in [-0.2, -0.15) is 0 Å². The summed E-state index contributed by atoms with van der Waals surface area (Å²) >= 11 is 3.04. The number of ketones is 1. The van der Waals surface area contributed by atoms with Crippen LogP contribution in [0.3, 0.4) is 0 Å². The maximum Gasteiger partial charge on any atom is 0.348 e. The molecule has 21 heavy (non-hydrogen) atoms. The van der Waals surface area contributed by atoms with Gasteiger partial charge in [0, 0.05) is 21.2 Å². The lowest BCUT2D eigenvalue weighted by Crippen LogP contribution is -1.96. The van der Waals surface area contributed by atoms with Crippen LogP contribution < -0.4 is 0 Å². The lowest BCUT2D eigenvalue weighted by molar-refractivity contribution is 0.0606. The van der Waals surface area contributed by atoms with E-state index in [1.54, 1.807) is 18.3 Å². The second kappa shape index (κ2) is 5.42. The maximum absolute atomic E-state index is 11.6. The van der Waals surface area contributed by atoms with Crippen molar-refractivity contribution in [3.63, 3.8) is 0 Å². The van der Waals surface area contributed by atoms with Crippen molar-refractivity contribution >= 4 is 43.8 Å². The molecule has 0 spiro atoms. The summed E-state index contributed by atoms with van der Waals surface area (Å²) in [6.07, 6.45) is 0. The molecule has 0 saturated heterocycles. The molecule has 3 nitrogen and oxygen atoms in total. The number of esters is 1. The van der Waals surface area contributed by atoms with E-state index in [9.17, 15) is 9.59 Å². The molecule has 2 aromatic heterocycles. The van der Waals surface area contributed by atoms with Crippen molar-refractivity contribution in [3.8, 4) is 11.1 Å². The zero-order chi connectivity index (χ0) is 15.0. The number of carbonyl (C=O) groups is 2. The van der Waals surface area contributed by atoms with Gasteiger partial charge in [-0.15, -0.1) is 22.7 Å². The minimum absolute atomic E-state index is 0.0566. The third kappa shape index (κ3) is 2.50. The predicted octanol–water partition coefficient (Wildman–Crippen LogP) is 4.62. The van der Waals surface area contributed by atoms with Crippen molar-refractivity contribution in [2.24, 2.45) is 0 Å². The highest BCUT2D eigenvalue weighted by Gasteiger charge is 2.15. The Kier molecular flexibility index (Phi) is 3.61. The molecule has 3 aromatic rings. The van der Waals surface area contributed by atoms with Crippen LogP contribution in [0.4, 0.5) is 0 Å². The van der Waals surface area contributed by atoms with Crippen LogP contribution in [0.1, 0.15) is 27.0 Å². The second-order valence-electron chi connectivity index (χ2n) is 4.58. The minimum atomic E-state index is -0.304. The molecule has 2 heterocycles. The molecule has 0 bridgehead atoms.